The maximum Gasteiger partial charge on any atom is 0.119 e. The van der Waals surface area contributed by atoms with Crippen LogP contribution in [-0.2, 0) is 25.4 Å². The molecule has 0 radical (unpaired) electrons. The van der Waals surface area contributed by atoms with Gasteiger partial charge in [0.15, 0.2) is 0 Å². The van der Waals surface area contributed by atoms with E-state index in [1.54, 1.807) is 0 Å². The Morgan fingerprint density at radius 2 is 1.10 bits per heavy atom. The molecule has 0 aromatic heterocycles. The van der Waals surface area contributed by atoms with Crippen LogP contribution in [0.15, 0.2) is 24.3 Å². The quantitative estimate of drug-likeness (QED) is 0.180. The van der Waals surface area contributed by atoms with Crippen molar-refractivity contribution in [3.63, 3.8) is 0 Å². The van der Waals surface area contributed by atoms with Gasteiger partial charge in [0.25, 0.3) is 0 Å². The minimum absolute atomic E-state index is 0.514. The molecule has 0 spiro atoms. The molecule has 0 saturated carbocycles. The van der Waals surface area contributed by atoms with Crippen molar-refractivity contribution in [1.82, 2.24) is 0 Å². The van der Waals surface area contributed by atoms with Gasteiger partial charge < -0.3 is 23.7 Å². The zero-order valence-corrected chi connectivity index (χ0v) is 19.5. The summed E-state index contributed by atoms with van der Waals surface area (Å²) >= 11 is 5.51. The van der Waals surface area contributed by atoms with Crippen molar-refractivity contribution >= 4 is 11.6 Å². The molecule has 0 bridgehead atoms. The van der Waals surface area contributed by atoms with Gasteiger partial charge in [-0.05, 0) is 30.5 Å². The Kier molecular flexibility index (Phi) is 19.4. The Bertz CT molecular complexity index is 469. The van der Waals surface area contributed by atoms with Gasteiger partial charge in [-0.1, -0.05) is 51.2 Å². The van der Waals surface area contributed by atoms with Gasteiger partial charge in [-0.2, -0.15) is 0 Å². The van der Waals surface area contributed by atoms with Gasteiger partial charge in [-0.25, -0.2) is 0 Å². The number of hydrogen-bond donors (Lipinski definition) is 0. The van der Waals surface area contributed by atoms with Crippen molar-refractivity contribution in [2.24, 2.45) is 0 Å². The molecule has 30 heavy (non-hydrogen) atoms. The first-order valence-corrected chi connectivity index (χ1v) is 12.0. The van der Waals surface area contributed by atoms with E-state index in [0.717, 1.165) is 12.2 Å². The maximum atomic E-state index is 5.72. The van der Waals surface area contributed by atoms with Crippen molar-refractivity contribution in [1.29, 1.82) is 0 Å². The molecule has 1 rings (SSSR count). The average Bonchev–Trinajstić information content (AvgIpc) is 2.77. The number of alkyl halides is 1. The highest BCUT2D eigenvalue weighted by atomic mass is 35.5. The van der Waals surface area contributed by atoms with E-state index < -0.39 is 0 Å². The molecular weight excluding hydrogens is 404 g/mol. The predicted molar refractivity (Wildman–Crippen MR) is 123 cm³/mol. The standard InChI is InChI=1S/C24H41ClO5/c1-2-3-4-5-6-7-8-23-9-11-24(12-10-23)30-22-21-29-20-19-28-18-17-27-16-15-26-14-13-25/h9-12H,2-8,13-22H2,1H3. The van der Waals surface area contributed by atoms with Gasteiger partial charge in [0, 0.05) is 5.88 Å². The fourth-order valence-corrected chi connectivity index (χ4v) is 3.01. The highest BCUT2D eigenvalue weighted by Gasteiger charge is 1.98. The van der Waals surface area contributed by atoms with Crippen LogP contribution >= 0.6 is 11.6 Å². The normalized spacial score (nSPS) is 11.1. The van der Waals surface area contributed by atoms with Gasteiger partial charge >= 0.3 is 0 Å². The molecule has 5 nitrogen and oxygen atoms in total. The third-order valence-corrected chi connectivity index (χ3v) is 4.73. The molecule has 0 amide bonds. The van der Waals surface area contributed by atoms with Gasteiger partial charge in [0.1, 0.15) is 12.4 Å². The third-order valence-electron chi connectivity index (χ3n) is 4.58. The second-order valence-corrected chi connectivity index (χ2v) is 7.53. The summed E-state index contributed by atoms with van der Waals surface area (Å²) in [6.45, 7) is 7.27. The van der Waals surface area contributed by atoms with E-state index in [1.807, 2.05) is 0 Å². The number of aryl methyl sites for hydroxylation is 1. The lowest BCUT2D eigenvalue weighted by Crippen LogP contribution is -2.14. The van der Waals surface area contributed by atoms with Crippen molar-refractivity contribution in [3.05, 3.63) is 29.8 Å². The Labute approximate surface area is 188 Å². The summed E-state index contributed by atoms with van der Waals surface area (Å²) in [6, 6.07) is 8.44. The molecule has 0 unspecified atom stereocenters. The van der Waals surface area contributed by atoms with E-state index in [4.69, 9.17) is 35.3 Å². The summed E-state index contributed by atoms with van der Waals surface area (Å²) in [5, 5.41) is 0. The second kappa shape index (κ2) is 21.4. The second-order valence-electron chi connectivity index (χ2n) is 7.15. The van der Waals surface area contributed by atoms with Crippen LogP contribution in [0.25, 0.3) is 0 Å². The number of unbranched alkanes of at least 4 members (excludes halogenated alkanes) is 5. The van der Waals surface area contributed by atoms with Gasteiger partial charge in [-0.15, -0.1) is 11.6 Å². The molecule has 0 aliphatic heterocycles. The molecule has 1 aromatic carbocycles. The molecule has 174 valence electrons. The monoisotopic (exact) mass is 444 g/mol. The zero-order valence-electron chi connectivity index (χ0n) is 18.7. The minimum atomic E-state index is 0.514. The molecule has 0 atom stereocenters. The van der Waals surface area contributed by atoms with E-state index in [-0.39, 0.29) is 0 Å². The van der Waals surface area contributed by atoms with Crippen LogP contribution in [0.1, 0.15) is 51.0 Å². The number of halogens is 1. The van der Waals surface area contributed by atoms with E-state index >= 15 is 0 Å². The summed E-state index contributed by atoms with van der Waals surface area (Å²) in [5.41, 5.74) is 1.39. The van der Waals surface area contributed by atoms with Crippen LogP contribution in [0.4, 0.5) is 0 Å². The van der Waals surface area contributed by atoms with Crippen molar-refractivity contribution in [3.8, 4) is 5.75 Å². The number of ether oxygens (including phenoxy) is 5. The van der Waals surface area contributed by atoms with Gasteiger partial charge in [0.2, 0.25) is 0 Å². The smallest absolute Gasteiger partial charge is 0.119 e. The molecule has 0 N–H and O–H groups in total. The Morgan fingerprint density at radius 3 is 1.67 bits per heavy atom. The van der Waals surface area contributed by atoms with Gasteiger partial charge in [-0.3, -0.25) is 0 Å². The fraction of sp³-hybridized carbons (Fsp3) is 0.750. The largest absolute Gasteiger partial charge is 0.491 e. The molecular formula is C24H41ClO5. The zero-order chi connectivity index (χ0) is 21.5. The first-order valence-electron chi connectivity index (χ1n) is 11.5. The van der Waals surface area contributed by atoms with E-state index in [9.17, 15) is 0 Å². The molecule has 0 fully saturated rings. The van der Waals surface area contributed by atoms with Crippen LogP contribution in [0.5, 0.6) is 5.75 Å². The Hall–Kier alpha value is -0.850. The van der Waals surface area contributed by atoms with E-state index in [0.29, 0.717) is 65.3 Å². The molecule has 0 aliphatic carbocycles. The lowest BCUT2D eigenvalue weighted by molar-refractivity contribution is -0.00326. The fourth-order valence-electron chi connectivity index (χ4n) is 2.90. The third kappa shape index (κ3) is 16.9. The van der Waals surface area contributed by atoms with Crippen LogP contribution in [0.3, 0.4) is 0 Å². The summed E-state index contributed by atoms with van der Waals surface area (Å²) in [4.78, 5) is 0. The van der Waals surface area contributed by atoms with Gasteiger partial charge in [0.05, 0.1) is 52.9 Å². The summed E-state index contributed by atoms with van der Waals surface area (Å²) in [5.74, 6) is 1.41. The Balaban J connectivity index is 1.87. The number of hydrogen-bond acceptors (Lipinski definition) is 5. The lowest BCUT2D eigenvalue weighted by Gasteiger charge is -2.09. The number of benzene rings is 1. The first kappa shape index (κ1) is 27.2. The Morgan fingerprint density at radius 1 is 0.600 bits per heavy atom. The summed E-state index contributed by atoms with van der Waals surface area (Å²) in [6.07, 6.45) is 9.16. The average molecular weight is 445 g/mol. The summed E-state index contributed by atoms with van der Waals surface area (Å²) < 4.78 is 27.3. The predicted octanol–water partition coefficient (Wildman–Crippen LogP) is 5.27. The molecule has 6 heteroatoms. The van der Waals surface area contributed by atoms with Crippen LogP contribution in [-0.4, -0.2) is 65.3 Å². The molecule has 0 saturated heterocycles. The number of rotatable bonds is 22. The van der Waals surface area contributed by atoms with Crippen LogP contribution < -0.4 is 4.74 Å². The highest BCUT2D eigenvalue weighted by molar-refractivity contribution is 6.17. The van der Waals surface area contributed by atoms with E-state index in [2.05, 4.69) is 31.2 Å². The van der Waals surface area contributed by atoms with E-state index in [1.165, 1.54) is 44.1 Å². The maximum absolute atomic E-state index is 5.72. The van der Waals surface area contributed by atoms with Crippen molar-refractivity contribution in [2.75, 3.05) is 65.3 Å². The minimum Gasteiger partial charge on any atom is -0.491 e. The van der Waals surface area contributed by atoms with Crippen LogP contribution in [0.2, 0.25) is 0 Å². The van der Waals surface area contributed by atoms with Crippen molar-refractivity contribution in [2.45, 2.75) is 51.9 Å². The topological polar surface area (TPSA) is 46.2 Å². The lowest BCUT2D eigenvalue weighted by atomic mass is 10.0. The highest BCUT2D eigenvalue weighted by Crippen LogP contribution is 2.15. The van der Waals surface area contributed by atoms with Crippen molar-refractivity contribution < 1.29 is 23.7 Å². The molecule has 0 heterocycles. The van der Waals surface area contributed by atoms with Crippen LogP contribution in [0, 0.1) is 0 Å². The molecule has 0 aliphatic rings. The first-order chi connectivity index (χ1) is 14.9. The molecule has 1 aromatic rings. The summed E-state index contributed by atoms with van der Waals surface area (Å²) in [7, 11) is 0. The SMILES string of the molecule is CCCCCCCCc1ccc(OCCOCCOCCOCCOCCCl)cc1.